The molecule has 3 aromatic heterocycles. The molecule has 0 spiro atoms. The van der Waals surface area contributed by atoms with Gasteiger partial charge < -0.3 is 8.98 Å². The molecule has 4 heteroatoms. The first-order valence-corrected chi connectivity index (χ1v) is 18.9. The van der Waals surface area contributed by atoms with Crippen LogP contribution in [0.3, 0.4) is 0 Å². The minimum Gasteiger partial charge on any atom is -0.455 e. The van der Waals surface area contributed by atoms with Crippen molar-refractivity contribution < 1.29 is 4.42 Å². The van der Waals surface area contributed by atoms with Gasteiger partial charge in [-0.15, -0.1) is 0 Å². The largest absolute Gasteiger partial charge is 0.455 e. The van der Waals surface area contributed by atoms with E-state index >= 15 is 0 Å². The van der Waals surface area contributed by atoms with Gasteiger partial charge in [0, 0.05) is 49.5 Å². The Labute approximate surface area is 323 Å². The third kappa shape index (κ3) is 5.31. The molecule has 0 bridgehead atoms. The maximum atomic E-state index is 6.68. The average Bonchev–Trinajstić information content (AvgIpc) is 3.83. The number of para-hydroxylation sites is 2. The summed E-state index contributed by atoms with van der Waals surface area (Å²) in [5.41, 5.74) is 14.3. The summed E-state index contributed by atoms with van der Waals surface area (Å²) in [6.45, 7) is 0. The molecule has 4 nitrogen and oxygen atoms in total. The molecule has 0 fully saturated rings. The fraction of sp³-hybridized carbons (Fsp3) is 0. The van der Waals surface area contributed by atoms with Gasteiger partial charge in [-0.3, -0.25) is 0 Å². The number of hydrogen-bond acceptors (Lipinski definition) is 3. The highest BCUT2D eigenvalue weighted by Gasteiger charge is 2.21. The number of nitrogens with zero attached hydrogens (tertiary/aromatic N) is 3. The summed E-state index contributed by atoms with van der Waals surface area (Å²) in [5, 5.41) is 4.41. The number of fused-ring (bicyclic) bond motifs is 6. The van der Waals surface area contributed by atoms with Crippen LogP contribution >= 0.6 is 0 Å². The van der Waals surface area contributed by atoms with Crippen LogP contribution in [0.15, 0.2) is 205 Å². The zero-order valence-electron chi connectivity index (χ0n) is 30.3. The van der Waals surface area contributed by atoms with Crippen LogP contribution in [0.1, 0.15) is 0 Å². The number of aromatic nitrogens is 3. The van der Waals surface area contributed by atoms with Crippen LogP contribution in [-0.2, 0) is 0 Å². The van der Waals surface area contributed by atoms with Crippen molar-refractivity contribution in [1.82, 2.24) is 14.5 Å². The molecule has 0 aliphatic carbocycles. The van der Waals surface area contributed by atoms with E-state index in [-0.39, 0.29) is 0 Å². The summed E-state index contributed by atoms with van der Waals surface area (Å²) in [6, 6.07) is 70.2. The predicted molar refractivity (Wildman–Crippen MR) is 231 cm³/mol. The van der Waals surface area contributed by atoms with E-state index in [1.165, 1.54) is 5.56 Å². The van der Waals surface area contributed by atoms with E-state index in [4.69, 9.17) is 14.4 Å². The van der Waals surface area contributed by atoms with Crippen LogP contribution in [0.25, 0.3) is 106 Å². The summed E-state index contributed by atoms with van der Waals surface area (Å²) in [7, 11) is 0. The Morgan fingerprint density at radius 1 is 0.375 bits per heavy atom. The van der Waals surface area contributed by atoms with E-state index in [0.29, 0.717) is 5.82 Å². The van der Waals surface area contributed by atoms with Gasteiger partial charge in [-0.25, -0.2) is 9.97 Å². The molecule has 0 aliphatic rings. The van der Waals surface area contributed by atoms with Gasteiger partial charge in [0.05, 0.1) is 22.4 Å². The number of furan rings is 1. The van der Waals surface area contributed by atoms with Gasteiger partial charge in [0.25, 0.3) is 0 Å². The first kappa shape index (κ1) is 31.9. The van der Waals surface area contributed by atoms with E-state index in [2.05, 4.69) is 187 Å². The lowest BCUT2D eigenvalue weighted by atomic mass is 9.97. The Balaban J connectivity index is 1.18. The number of rotatable bonds is 6. The minimum absolute atomic E-state index is 0.688. The second kappa shape index (κ2) is 13.1. The van der Waals surface area contributed by atoms with Crippen LogP contribution in [-0.4, -0.2) is 14.5 Å². The zero-order chi connectivity index (χ0) is 37.0. The number of hydrogen-bond donors (Lipinski definition) is 0. The van der Waals surface area contributed by atoms with Gasteiger partial charge in [0.15, 0.2) is 5.82 Å². The van der Waals surface area contributed by atoms with Gasteiger partial charge >= 0.3 is 0 Å². The lowest BCUT2D eigenvalue weighted by molar-refractivity contribution is 0.670. The fourth-order valence-electron chi connectivity index (χ4n) is 8.22. The van der Waals surface area contributed by atoms with Gasteiger partial charge in [-0.05, 0) is 59.2 Å². The predicted octanol–water partition coefficient (Wildman–Crippen LogP) is 13.8. The average molecular weight is 716 g/mol. The summed E-state index contributed by atoms with van der Waals surface area (Å²) in [5.74, 6) is 0.688. The van der Waals surface area contributed by atoms with Gasteiger partial charge in [-0.2, -0.15) is 0 Å². The van der Waals surface area contributed by atoms with Crippen molar-refractivity contribution in [2.75, 3.05) is 0 Å². The monoisotopic (exact) mass is 715 g/mol. The van der Waals surface area contributed by atoms with Gasteiger partial charge in [0.1, 0.15) is 11.2 Å². The third-order valence-corrected chi connectivity index (χ3v) is 10.8. The highest BCUT2D eigenvalue weighted by molar-refractivity contribution is 6.16. The van der Waals surface area contributed by atoms with E-state index in [0.717, 1.165) is 94.2 Å². The summed E-state index contributed by atoms with van der Waals surface area (Å²) >= 11 is 0. The SMILES string of the molecule is c1ccc(-c2cccc(-c3cc(-n4c5ccccc5c5c(-c6nc(-c7ccccc7)cc(-c7ccccc7)n6)cccc54)cc4c3oc3ccccc34)c2)cc1. The zero-order valence-corrected chi connectivity index (χ0v) is 30.3. The van der Waals surface area contributed by atoms with E-state index < -0.39 is 0 Å². The summed E-state index contributed by atoms with van der Waals surface area (Å²) < 4.78 is 9.07. The van der Waals surface area contributed by atoms with Crippen LogP contribution in [0.4, 0.5) is 0 Å². The highest BCUT2D eigenvalue weighted by Crippen LogP contribution is 2.43. The molecular formula is C52H33N3O. The number of benzene rings is 8. The lowest BCUT2D eigenvalue weighted by Crippen LogP contribution is -1.97. The Hall–Kier alpha value is -7.56. The van der Waals surface area contributed by atoms with Crippen LogP contribution in [0.5, 0.6) is 0 Å². The lowest BCUT2D eigenvalue weighted by Gasteiger charge is -2.13. The molecule has 11 rings (SSSR count). The molecule has 11 aromatic rings. The quantitative estimate of drug-likeness (QED) is 0.172. The van der Waals surface area contributed by atoms with Gasteiger partial charge in [-0.1, -0.05) is 158 Å². The van der Waals surface area contributed by atoms with E-state index in [1.807, 2.05) is 18.2 Å². The van der Waals surface area contributed by atoms with Crippen molar-refractivity contribution in [3.05, 3.63) is 200 Å². The summed E-state index contributed by atoms with van der Waals surface area (Å²) in [4.78, 5) is 10.5. The van der Waals surface area contributed by atoms with E-state index in [1.54, 1.807) is 0 Å². The molecule has 0 aliphatic heterocycles. The van der Waals surface area contributed by atoms with Crippen LogP contribution < -0.4 is 0 Å². The Morgan fingerprint density at radius 2 is 0.946 bits per heavy atom. The van der Waals surface area contributed by atoms with Crippen molar-refractivity contribution in [3.8, 4) is 61.8 Å². The molecule has 0 saturated heterocycles. The smallest absolute Gasteiger partial charge is 0.161 e. The maximum absolute atomic E-state index is 6.68. The fourth-order valence-corrected chi connectivity index (χ4v) is 8.22. The molecule has 0 radical (unpaired) electrons. The standard InChI is InChI=1S/C52H33N3O/c1-4-16-34(17-5-1)37-22-14-23-38(30-37)43-31-39(32-44-40-24-11-13-29-49(40)56-51(43)44)55-47-27-12-10-25-41(47)50-42(26-15-28-48(50)55)52-53-45(35-18-6-2-7-19-35)33-46(54-52)36-20-8-3-9-21-36/h1-33H. The van der Waals surface area contributed by atoms with E-state index in [9.17, 15) is 0 Å². The van der Waals surface area contributed by atoms with Crippen LogP contribution in [0.2, 0.25) is 0 Å². The molecule has 0 N–H and O–H groups in total. The maximum Gasteiger partial charge on any atom is 0.161 e. The Bertz CT molecular complexity index is 3180. The Kier molecular flexibility index (Phi) is 7.46. The van der Waals surface area contributed by atoms with Crippen LogP contribution in [0, 0.1) is 0 Å². The van der Waals surface area contributed by atoms with Crippen molar-refractivity contribution in [1.29, 1.82) is 0 Å². The minimum atomic E-state index is 0.688. The first-order valence-electron chi connectivity index (χ1n) is 18.9. The molecule has 262 valence electrons. The molecule has 0 unspecified atom stereocenters. The molecule has 3 heterocycles. The van der Waals surface area contributed by atoms with Crippen molar-refractivity contribution >= 4 is 43.7 Å². The molecule has 0 amide bonds. The van der Waals surface area contributed by atoms with Crippen molar-refractivity contribution in [2.24, 2.45) is 0 Å². The Morgan fingerprint density at radius 3 is 1.68 bits per heavy atom. The second-order valence-electron chi connectivity index (χ2n) is 14.2. The highest BCUT2D eigenvalue weighted by atomic mass is 16.3. The molecule has 8 aromatic carbocycles. The normalized spacial score (nSPS) is 11.6. The summed E-state index contributed by atoms with van der Waals surface area (Å²) in [6.07, 6.45) is 0. The molecular weight excluding hydrogens is 683 g/mol. The van der Waals surface area contributed by atoms with Gasteiger partial charge in [0.2, 0.25) is 0 Å². The second-order valence-corrected chi connectivity index (χ2v) is 14.2. The van der Waals surface area contributed by atoms with Crippen molar-refractivity contribution in [3.63, 3.8) is 0 Å². The first-order chi connectivity index (χ1) is 27.8. The topological polar surface area (TPSA) is 43.9 Å². The molecule has 0 saturated carbocycles. The molecule has 56 heavy (non-hydrogen) atoms. The van der Waals surface area contributed by atoms with Crippen molar-refractivity contribution in [2.45, 2.75) is 0 Å². The third-order valence-electron chi connectivity index (χ3n) is 10.8. The molecule has 0 atom stereocenters.